The number of rotatable bonds is 4. The van der Waals surface area contributed by atoms with Crippen LogP contribution in [0.25, 0.3) is 0 Å². The molecule has 0 aliphatic carbocycles. The predicted octanol–water partition coefficient (Wildman–Crippen LogP) is 4.90. The summed E-state index contributed by atoms with van der Waals surface area (Å²) < 4.78 is 6.21. The fourth-order valence-corrected chi connectivity index (χ4v) is 2.45. The van der Waals surface area contributed by atoms with Gasteiger partial charge in [0.05, 0.1) is 5.56 Å². The van der Waals surface area contributed by atoms with Crippen LogP contribution in [0.3, 0.4) is 0 Å². The van der Waals surface area contributed by atoms with Crippen LogP contribution in [-0.2, 0) is 0 Å². The minimum absolute atomic E-state index is 0.0682. The maximum Gasteiger partial charge on any atom is 0.343 e. The summed E-state index contributed by atoms with van der Waals surface area (Å²) in [7, 11) is 0. The van der Waals surface area contributed by atoms with Crippen molar-refractivity contribution in [3.05, 3.63) is 100 Å². The molecule has 0 fully saturated rings. The summed E-state index contributed by atoms with van der Waals surface area (Å²) in [5.41, 5.74) is 1.63. The van der Waals surface area contributed by atoms with Gasteiger partial charge in [0, 0.05) is 15.6 Å². The fourth-order valence-electron chi connectivity index (χ4n) is 2.18. The largest absolute Gasteiger partial charge is 0.423 e. The van der Waals surface area contributed by atoms with Crippen molar-refractivity contribution in [3.8, 4) is 5.75 Å². The first-order chi connectivity index (χ1) is 11.6. The number of carbonyl (C=O) groups is 2. The van der Waals surface area contributed by atoms with Crippen LogP contribution in [0.5, 0.6) is 5.75 Å². The lowest BCUT2D eigenvalue weighted by molar-refractivity contribution is 0.0734. The summed E-state index contributed by atoms with van der Waals surface area (Å²) in [4.78, 5) is 24.4. The van der Waals surface area contributed by atoms with Gasteiger partial charge in [-0.15, -0.1) is 0 Å². The SMILES string of the molecule is O=C(Oc1ccc(C(=O)c2ccccc2)cc1)c1ccc(Br)cc1. The van der Waals surface area contributed by atoms with Gasteiger partial charge in [-0.1, -0.05) is 46.3 Å². The Hall–Kier alpha value is -2.72. The lowest BCUT2D eigenvalue weighted by Gasteiger charge is -2.06. The van der Waals surface area contributed by atoms with E-state index in [0.29, 0.717) is 22.4 Å². The molecule has 0 aromatic heterocycles. The Morgan fingerprint density at radius 3 is 1.83 bits per heavy atom. The van der Waals surface area contributed by atoms with Gasteiger partial charge >= 0.3 is 5.97 Å². The summed E-state index contributed by atoms with van der Waals surface area (Å²) in [6, 6.07) is 22.5. The van der Waals surface area contributed by atoms with E-state index in [9.17, 15) is 9.59 Å². The third-order valence-electron chi connectivity index (χ3n) is 3.44. The Bertz CT molecular complexity index is 854. The Kier molecular flexibility index (Phi) is 4.87. The van der Waals surface area contributed by atoms with E-state index in [1.54, 1.807) is 60.7 Å². The lowest BCUT2D eigenvalue weighted by atomic mass is 10.0. The van der Waals surface area contributed by atoms with Crippen molar-refractivity contribution in [1.82, 2.24) is 0 Å². The molecule has 4 heteroatoms. The number of benzene rings is 3. The molecule has 24 heavy (non-hydrogen) atoms. The lowest BCUT2D eigenvalue weighted by Crippen LogP contribution is -2.08. The third kappa shape index (κ3) is 3.78. The van der Waals surface area contributed by atoms with Gasteiger partial charge < -0.3 is 4.74 Å². The van der Waals surface area contributed by atoms with Crippen LogP contribution >= 0.6 is 15.9 Å². The van der Waals surface area contributed by atoms with Crippen LogP contribution in [-0.4, -0.2) is 11.8 Å². The number of ether oxygens (including phenoxy) is 1. The zero-order chi connectivity index (χ0) is 16.9. The second-order valence-corrected chi connectivity index (χ2v) is 6.03. The quantitative estimate of drug-likeness (QED) is 0.367. The standard InChI is InChI=1S/C20H13BrO3/c21-17-10-6-16(7-11-17)20(23)24-18-12-8-15(9-13-18)19(22)14-4-2-1-3-5-14/h1-13H. The van der Waals surface area contributed by atoms with Crippen LogP contribution in [0, 0.1) is 0 Å². The van der Waals surface area contributed by atoms with E-state index >= 15 is 0 Å². The first-order valence-electron chi connectivity index (χ1n) is 7.31. The molecule has 3 nitrogen and oxygen atoms in total. The zero-order valence-corrected chi connectivity index (χ0v) is 14.2. The topological polar surface area (TPSA) is 43.4 Å². The number of carbonyl (C=O) groups excluding carboxylic acids is 2. The number of hydrogen-bond donors (Lipinski definition) is 0. The molecule has 0 aliphatic heterocycles. The molecule has 0 amide bonds. The Morgan fingerprint density at radius 2 is 1.21 bits per heavy atom. The smallest absolute Gasteiger partial charge is 0.343 e. The highest BCUT2D eigenvalue weighted by atomic mass is 79.9. The number of hydrogen-bond acceptors (Lipinski definition) is 3. The van der Waals surface area contributed by atoms with Gasteiger partial charge in [0.15, 0.2) is 5.78 Å². The molecular formula is C20H13BrO3. The summed E-state index contributed by atoms with van der Waals surface area (Å²) in [5, 5.41) is 0. The van der Waals surface area contributed by atoms with Gasteiger partial charge in [-0.25, -0.2) is 4.79 Å². The Morgan fingerprint density at radius 1 is 0.667 bits per heavy atom. The van der Waals surface area contributed by atoms with Gasteiger partial charge in [0.25, 0.3) is 0 Å². The summed E-state index contributed by atoms with van der Waals surface area (Å²) >= 11 is 3.32. The number of halogens is 1. The van der Waals surface area contributed by atoms with Gasteiger partial charge in [0.1, 0.15) is 5.75 Å². The highest BCUT2D eigenvalue weighted by Crippen LogP contribution is 2.18. The molecule has 118 valence electrons. The predicted molar refractivity (Wildman–Crippen MR) is 95.4 cm³/mol. The zero-order valence-electron chi connectivity index (χ0n) is 12.6. The fraction of sp³-hybridized carbons (Fsp3) is 0. The van der Waals surface area contributed by atoms with E-state index in [1.807, 2.05) is 18.2 Å². The van der Waals surface area contributed by atoms with E-state index in [2.05, 4.69) is 15.9 Å². The van der Waals surface area contributed by atoms with Crippen molar-refractivity contribution in [2.75, 3.05) is 0 Å². The van der Waals surface area contributed by atoms with Crippen molar-refractivity contribution >= 4 is 27.7 Å². The maximum absolute atomic E-state index is 12.3. The van der Waals surface area contributed by atoms with E-state index in [0.717, 1.165) is 4.47 Å². The normalized spacial score (nSPS) is 10.2. The first kappa shape index (κ1) is 16.1. The van der Waals surface area contributed by atoms with Crippen LogP contribution in [0.1, 0.15) is 26.3 Å². The van der Waals surface area contributed by atoms with Gasteiger partial charge in [0.2, 0.25) is 0 Å². The molecule has 0 bridgehead atoms. The average molecular weight is 381 g/mol. The molecule has 0 saturated heterocycles. The third-order valence-corrected chi connectivity index (χ3v) is 3.97. The Balaban J connectivity index is 1.72. The highest BCUT2D eigenvalue weighted by molar-refractivity contribution is 9.10. The molecule has 3 aromatic rings. The van der Waals surface area contributed by atoms with Crippen molar-refractivity contribution in [3.63, 3.8) is 0 Å². The highest BCUT2D eigenvalue weighted by Gasteiger charge is 2.11. The Labute approximate surface area is 148 Å². The van der Waals surface area contributed by atoms with Crippen LogP contribution in [0.4, 0.5) is 0 Å². The summed E-state index contributed by atoms with van der Waals surface area (Å²) in [6.45, 7) is 0. The van der Waals surface area contributed by atoms with E-state index in [4.69, 9.17) is 4.74 Å². The molecule has 0 aliphatic rings. The molecule has 0 unspecified atom stereocenters. The van der Waals surface area contributed by atoms with Crippen molar-refractivity contribution in [2.24, 2.45) is 0 Å². The van der Waals surface area contributed by atoms with Crippen LogP contribution in [0.15, 0.2) is 83.3 Å². The summed E-state index contributed by atoms with van der Waals surface area (Å²) in [5.74, 6) is -0.112. The molecule has 3 rings (SSSR count). The molecule has 3 aromatic carbocycles. The van der Waals surface area contributed by atoms with Crippen molar-refractivity contribution in [2.45, 2.75) is 0 Å². The van der Waals surface area contributed by atoms with E-state index < -0.39 is 5.97 Å². The van der Waals surface area contributed by atoms with Crippen LogP contribution < -0.4 is 4.74 Å². The molecule has 0 heterocycles. The van der Waals surface area contributed by atoms with Crippen molar-refractivity contribution < 1.29 is 14.3 Å². The molecule has 0 saturated carbocycles. The molecule has 0 radical (unpaired) electrons. The minimum atomic E-state index is -0.440. The maximum atomic E-state index is 12.3. The molecule has 0 atom stereocenters. The molecule has 0 N–H and O–H groups in total. The first-order valence-corrected chi connectivity index (χ1v) is 8.10. The second kappa shape index (κ2) is 7.23. The van der Waals surface area contributed by atoms with E-state index in [-0.39, 0.29) is 5.78 Å². The van der Waals surface area contributed by atoms with Gasteiger partial charge in [-0.05, 0) is 48.5 Å². The monoisotopic (exact) mass is 380 g/mol. The average Bonchev–Trinajstić information content (AvgIpc) is 2.63. The number of ketones is 1. The second-order valence-electron chi connectivity index (χ2n) is 5.12. The summed E-state index contributed by atoms with van der Waals surface area (Å²) in [6.07, 6.45) is 0. The van der Waals surface area contributed by atoms with Crippen LogP contribution in [0.2, 0.25) is 0 Å². The van der Waals surface area contributed by atoms with Crippen molar-refractivity contribution in [1.29, 1.82) is 0 Å². The molecular weight excluding hydrogens is 368 g/mol. The van der Waals surface area contributed by atoms with Gasteiger partial charge in [-0.3, -0.25) is 4.79 Å². The van der Waals surface area contributed by atoms with Gasteiger partial charge in [-0.2, -0.15) is 0 Å². The minimum Gasteiger partial charge on any atom is -0.423 e. The number of esters is 1. The van der Waals surface area contributed by atoms with E-state index in [1.165, 1.54) is 0 Å². The molecule has 0 spiro atoms.